The summed E-state index contributed by atoms with van der Waals surface area (Å²) < 4.78 is 5.65. The summed E-state index contributed by atoms with van der Waals surface area (Å²) in [6.07, 6.45) is 0.734. The van der Waals surface area contributed by atoms with Crippen LogP contribution in [0, 0.1) is 0 Å². The van der Waals surface area contributed by atoms with Crippen LogP contribution in [0.15, 0.2) is 115 Å². The van der Waals surface area contributed by atoms with Crippen molar-refractivity contribution in [3.05, 3.63) is 121 Å². The third kappa shape index (κ3) is 3.65. The Kier molecular flexibility index (Phi) is 5.95. The van der Waals surface area contributed by atoms with Crippen LogP contribution < -0.4 is 20.7 Å². The number of hydrogen-bond acceptors (Lipinski definition) is 1. The second kappa shape index (κ2) is 8.64. The first-order valence-corrected chi connectivity index (χ1v) is 13.6. The maximum absolute atomic E-state index is 8.11. The van der Waals surface area contributed by atoms with E-state index >= 15 is 0 Å². The average molecular weight is 433 g/mol. The topological polar surface area (TPSA) is 9.23 Å². The van der Waals surface area contributed by atoms with Crippen molar-refractivity contribution >= 4 is 33.1 Å². The summed E-state index contributed by atoms with van der Waals surface area (Å²) in [6.45, 7) is 2.66. The van der Waals surface area contributed by atoms with Crippen molar-refractivity contribution in [2.75, 3.05) is 6.61 Å². The SMILES string of the molecule is CCOc1ccc(CP(Cl)(c2ccccc2)(c2ccccc2)c2ccccc2)cc1. The van der Waals surface area contributed by atoms with Gasteiger partial charge in [-0.25, -0.2) is 0 Å². The van der Waals surface area contributed by atoms with Gasteiger partial charge < -0.3 is 0 Å². The van der Waals surface area contributed by atoms with Crippen molar-refractivity contribution < 1.29 is 4.74 Å². The summed E-state index contributed by atoms with van der Waals surface area (Å²) >= 11 is 8.11. The van der Waals surface area contributed by atoms with E-state index in [2.05, 4.69) is 103 Å². The normalized spacial score (nSPS) is 12.7. The molecule has 4 aromatic carbocycles. The number of benzene rings is 4. The minimum atomic E-state index is -3.29. The van der Waals surface area contributed by atoms with Crippen LogP contribution in [0.1, 0.15) is 12.5 Å². The molecule has 0 aliphatic carbocycles. The van der Waals surface area contributed by atoms with E-state index < -0.39 is 5.96 Å². The summed E-state index contributed by atoms with van der Waals surface area (Å²) in [6, 6.07) is 40.1. The molecule has 0 aliphatic rings. The second-order valence-electron chi connectivity index (χ2n) is 7.42. The van der Waals surface area contributed by atoms with Gasteiger partial charge in [-0.3, -0.25) is 0 Å². The fourth-order valence-corrected chi connectivity index (χ4v) is 10.3. The van der Waals surface area contributed by atoms with Gasteiger partial charge >= 0.3 is 184 Å². The van der Waals surface area contributed by atoms with Gasteiger partial charge in [0.05, 0.1) is 0 Å². The van der Waals surface area contributed by atoms with Gasteiger partial charge in [0.15, 0.2) is 0 Å². The molecule has 30 heavy (non-hydrogen) atoms. The molecule has 0 atom stereocenters. The molecule has 0 unspecified atom stereocenters. The summed E-state index contributed by atoms with van der Waals surface area (Å²) in [5, 5.41) is 3.53. The number of rotatable bonds is 7. The van der Waals surface area contributed by atoms with Crippen molar-refractivity contribution in [3.8, 4) is 5.75 Å². The van der Waals surface area contributed by atoms with Gasteiger partial charge in [0.2, 0.25) is 0 Å². The predicted octanol–water partition coefficient (Wildman–Crippen LogP) is 6.27. The molecule has 4 rings (SSSR count). The van der Waals surface area contributed by atoms with E-state index in [4.69, 9.17) is 16.0 Å². The second-order valence-corrected chi connectivity index (χ2v) is 13.9. The molecule has 0 amide bonds. The van der Waals surface area contributed by atoms with E-state index in [0.717, 1.165) is 11.9 Å². The minimum absolute atomic E-state index is 0.659. The Hall–Kier alpha value is -2.60. The molecule has 0 N–H and O–H groups in total. The van der Waals surface area contributed by atoms with Crippen LogP contribution in [0.3, 0.4) is 0 Å². The Labute approximate surface area is 184 Å². The summed E-state index contributed by atoms with van der Waals surface area (Å²) in [4.78, 5) is 0. The van der Waals surface area contributed by atoms with E-state index in [1.807, 2.05) is 19.1 Å². The summed E-state index contributed by atoms with van der Waals surface area (Å²) in [5.74, 6) is -2.40. The van der Waals surface area contributed by atoms with Crippen molar-refractivity contribution in [1.82, 2.24) is 0 Å². The molecule has 0 aromatic heterocycles. The zero-order chi connectivity index (χ0) is 20.9. The van der Waals surface area contributed by atoms with Gasteiger partial charge in [0.1, 0.15) is 0 Å². The molecule has 152 valence electrons. The molecule has 0 heterocycles. The quantitative estimate of drug-likeness (QED) is 0.313. The Morgan fingerprint density at radius 3 is 1.37 bits per heavy atom. The van der Waals surface area contributed by atoms with Crippen LogP contribution in [0.2, 0.25) is 0 Å². The molecule has 0 aliphatic heterocycles. The van der Waals surface area contributed by atoms with Crippen LogP contribution in [-0.4, -0.2) is 6.61 Å². The van der Waals surface area contributed by atoms with Crippen molar-refractivity contribution in [2.24, 2.45) is 0 Å². The van der Waals surface area contributed by atoms with E-state index in [1.54, 1.807) is 0 Å². The van der Waals surface area contributed by atoms with E-state index in [1.165, 1.54) is 21.5 Å². The fraction of sp³-hybridized carbons (Fsp3) is 0.111. The number of halogens is 1. The first kappa shape index (κ1) is 20.7. The molecule has 1 nitrogen and oxygen atoms in total. The number of hydrogen-bond donors (Lipinski definition) is 0. The van der Waals surface area contributed by atoms with Gasteiger partial charge in [-0.15, -0.1) is 0 Å². The molecular weight excluding hydrogens is 407 g/mol. The summed E-state index contributed by atoms with van der Waals surface area (Å²) in [5.41, 5.74) is 1.20. The third-order valence-corrected chi connectivity index (χ3v) is 12.8. The average Bonchev–Trinajstić information content (AvgIpc) is 2.82. The van der Waals surface area contributed by atoms with Crippen LogP contribution in [-0.2, 0) is 6.16 Å². The monoisotopic (exact) mass is 432 g/mol. The fourth-order valence-electron chi connectivity index (χ4n) is 4.14. The molecule has 4 aromatic rings. The zero-order valence-corrected chi connectivity index (χ0v) is 18.8. The molecule has 0 fully saturated rings. The van der Waals surface area contributed by atoms with Crippen LogP contribution >= 0.6 is 17.2 Å². The van der Waals surface area contributed by atoms with Crippen molar-refractivity contribution in [3.63, 3.8) is 0 Å². The standard InChI is InChI=1S/C27H26ClOP/c1-2-29-24-20-18-23(19-21-24)22-30(28,25-12-6-3-7-13-25,26-14-8-4-9-15-26)27-16-10-5-11-17-27/h3-21H,2,22H2,1H3. The molecule has 0 saturated heterocycles. The molecule has 0 radical (unpaired) electrons. The van der Waals surface area contributed by atoms with Gasteiger partial charge in [-0.2, -0.15) is 0 Å². The van der Waals surface area contributed by atoms with Crippen LogP contribution in [0.5, 0.6) is 5.75 Å². The third-order valence-electron chi connectivity index (χ3n) is 5.60. The zero-order valence-electron chi connectivity index (χ0n) is 17.1. The Morgan fingerprint density at radius 1 is 0.600 bits per heavy atom. The van der Waals surface area contributed by atoms with Crippen molar-refractivity contribution in [2.45, 2.75) is 13.1 Å². The molecule has 0 saturated carbocycles. The predicted molar refractivity (Wildman–Crippen MR) is 132 cm³/mol. The van der Waals surface area contributed by atoms with Gasteiger partial charge in [-0.1, -0.05) is 0 Å². The van der Waals surface area contributed by atoms with E-state index in [0.29, 0.717) is 6.61 Å². The van der Waals surface area contributed by atoms with E-state index in [-0.39, 0.29) is 0 Å². The first-order chi connectivity index (χ1) is 14.6. The van der Waals surface area contributed by atoms with Crippen LogP contribution in [0.4, 0.5) is 0 Å². The summed E-state index contributed by atoms with van der Waals surface area (Å²) in [7, 11) is 0. The first-order valence-electron chi connectivity index (χ1n) is 10.3. The molecular formula is C27H26ClOP. The Balaban J connectivity index is 1.98. The van der Waals surface area contributed by atoms with Crippen molar-refractivity contribution in [1.29, 1.82) is 0 Å². The Morgan fingerprint density at radius 2 is 1.00 bits per heavy atom. The number of ether oxygens (including phenoxy) is 1. The van der Waals surface area contributed by atoms with Gasteiger partial charge in [0, 0.05) is 0 Å². The molecule has 0 spiro atoms. The van der Waals surface area contributed by atoms with Gasteiger partial charge in [-0.05, 0) is 0 Å². The molecule has 0 bridgehead atoms. The maximum atomic E-state index is 8.11. The van der Waals surface area contributed by atoms with E-state index in [9.17, 15) is 0 Å². The van der Waals surface area contributed by atoms with Gasteiger partial charge in [0.25, 0.3) is 0 Å². The van der Waals surface area contributed by atoms with Crippen LogP contribution in [0.25, 0.3) is 0 Å². The molecule has 3 heteroatoms. The Bertz CT molecular complexity index is 981.